The van der Waals surface area contributed by atoms with Crippen LogP contribution < -0.4 is 5.32 Å². The van der Waals surface area contributed by atoms with Crippen molar-refractivity contribution in [2.24, 2.45) is 0 Å². The summed E-state index contributed by atoms with van der Waals surface area (Å²) in [6.45, 7) is 0.234. The SMILES string of the molecule is O=C(CCOCC(F)F)N[C@@H]1C[C@@H]2CC[C@H]1N2C/C=C/Cl. The number of nitrogens with one attached hydrogen (secondary N) is 1. The molecule has 2 aliphatic rings. The van der Waals surface area contributed by atoms with E-state index in [4.69, 9.17) is 16.3 Å². The standard InChI is InChI=1S/C14H21ClF2N2O2/c15-5-1-6-19-10-2-3-12(19)11(8-10)18-14(20)4-7-21-9-13(16)17/h1,5,10-13H,2-4,6-9H2,(H,18,20)/b5-1+/t10-,11+,12+/m0/s1. The van der Waals surface area contributed by atoms with E-state index in [1.54, 1.807) is 0 Å². The lowest BCUT2D eigenvalue weighted by molar-refractivity contribution is -0.123. The molecule has 1 N–H and O–H groups in total. The Labute approximate surface area is 128 Å². The van der Waals surface area contributed by atoms with Gasteiger partial charge in [-0.3, -0.25) is 9.69 Å². The Morgan fingerprint density at radius 1 is 1.48 bits per heavy atom. The topological polar surface area (TPSA) is 41.6 Å². The third-order valence-electron chi connectivity index (χ3n) is 4.15. The Bertz CT molecular complexity index is 382. The monoisotopic (exact) mass is 322 g/mol. The van der Waals surface area contributed by atoms with E-state index in [1.165, 1.54) is 5.54 Å². The molecule has 0 aromatic carbocycles. The highest BCUT2D eigenvalue weighted by Crippen LogP contribution is 2.37. The van der Waals surface area contributed by atoms with E-state index in [0.29, 0.717) is 12.1 Å². The fourth-order valence-corrected chi connectivity index (χ4v) is 3.40. The van der Waals surface area contributed by atoms with E-state index >= 15 is 0 Å². The molecule has 7 heteroatoms. The van der Waals surface area contributed by atoms with Crippen molar-refractivity contribution in [3.05, 3.63) is 11.6 Å². The number of halogens is 3. The van der Waals surface area contributed by atoms with E-state index in [-0.39, 0.29) is 25.0 Å². The molecule has 0 aliphatic carbocycles. The Morgan fingerprint density at radius 2 is 2.29 bits per heavy atom. The summed E-state index contributed by atoms with van der Waals surface area (Å²) in [6.07, 6.45) is 2.74. The summed E-state index contributed by atoms with van der Waals surface area (Å²) in [6, 6.07) is 1.01. The number of nitrogens with zero attached hydrogens (tertiary/aromatic N) is 1. The first kappa shape index (κ1) is 16.6. The van der Waals surface area contributed by atoms with Crippen LogP contribution in [0.5, 0.6) is 0 Å². The number of fused-ring (bicyclic) bond motifs is 2. The fourth-order valence-electron chi connectivity index (χ4n) is 3.32. The molecule has 4 nitrogen and oxygen atoms in total. The first-order valence-electron chi connectivity index (χ1n) is 7.28. The summed E-state index contributed by atoms with van der Waals surface area (Å²) in [4.78, 5) is 14.2. The van der Waals surface area contributed by atoms with Crippen molar-refractivity contribution in [1.82, 2.24) is 10.2 Å². The Kier molecular flexibility index (Phi) is 6.39. The number of rotatable bonds is 8. The van der Waals surface area contributed by atoms with E-state index in [1.807, 2.05) is 6.08 Å². The molecule has 2 fully saturated rings. The molecule has 0 saturated carbocycles. The summed E-state index contributed by atoms with van der Waals surface area (Å²) in [5, 5.41) is 3.00. The van der Waals surface area contributed by atoms with Crippen molar-refractivity contribution >= 4 is 17.5 Å². The van der Waals surface area contributed by atoms with Gasteiger partial charge in [0.1, 0.15) is 6.61 Å². The second-order valence-electron chi connectivity index (χ2n) is 5.48. The third kappa shape index (κ3) is 4.63. The van der Waals surface area contributed by atoms with E-state index in [2.05, 4.69) is 10.2 Å². The summed E-state index contributed by atoms with van der Waals surface area (Å²) in [7, 11) is 0. The van der Waals surface area contributed by atoms with Gasteiger partial charge in [0.15, 0.2) is 0 Å². The van der Waals surface area contributed by atoms with Gasteiger partial charge in [-0.2, -0.15) is 0 Å². The van der Waals surface area contributed by atoms with Crippen LogP contribution in [0.2, 0.25) is 0 Å². The molecule has 1 amide bonds. The first-order valence-corrected chi connectivity index (χ1v) is 7.71. The average molecular weight is 323 g/mol. The number of hydrogen-bond acceptors (Lipinski definition) is 3. The molecular formula is C14H21ClF2N2O2. The molecule has 0 unspecified atom stereocenters. The summed E-state index contributed by atoms with van der Waals surface area (Å²) in [5.74, 6) is -0.130. The van der Waals surface area contributed by atoms with Crippen LogP contribution in [0.4, 0.5) is 8.78 Å². The van der Waals surface area contributed by atoms with Gasteiger partial charge in [0, 0.05) is 36.6 Å². The lowest BCUT2D eigenvalue weighted by Gasteiger charge is -2.24. The van der Waals surface area contributed by atoms with E-state index in [9.17, 15) is 13.6 Å². The van der Waals surface area contributed by atoms with Crippen LogP contribution in [0.15, 0.2) is 11.6 Å². The van der Waals surface area contributed by atoms with Crippen molar-refractivity contribution in [3.63, 3.8) is 0 Å². The second-order valence-corrected chi connectivity index (χ2v) is 5.73. The molecule has 0 spiro atoms. The van der Waals surface area contributed by atoms with Gasteiger partial charge in [-0.1, -0.05) is 17.7 Å². The van der Waals surface area contributed by atoms with Crippen molar-refractivity contribution in [3.8, 4) is 0 Å². The van der Waals surface area contributed by atoms with Crippen LogP contribution in [0.3, 0.4) is 0 Å². The highest BCUT2D eigenvalue weighted by atomic mass is 35.5. The number of alkyl halides is 2. The Morgan fingerprint density at radius 3 is 3.00 bits per heavy atom. The normalized spacial score (nSPS) is 28.9. The highest BCUT2D eigenvalue weighted by molar-refractivity contribution is 6.25. The zero-order valence-corrected chi connectivity index (χ0v) is 12.6. The molecule has 0 aromatic rings. The molecule has 2 heterocycles. The van der Waals surface area contributed by atoms with Gasteiger partial charge >= 0.3 is 0 Å². The summed E-state index contributed by atoms with van der Waals surface area (Å²) in [5.41, 5.74) is 1.52. The van der Waals surface area contributed by atoms with Crippen molar-refractivity contribution in [2.45, 2.75) is 50.2 Å². The van der Waals surface area contributed by atoms with Gasteiger partial charge in [-0.05, 0) is 19.3 Å². The second kappa shape index (κ2) is 8.06. The zero-order chi connectivity index (χ0) is 15.2. The number of ether oxygens (including phenoxy) is 1. The van der Waals surface area contributed by atoms with Gasteiger partial charge < -0.3 is 10.1 Å². The number of carbonyl (C=O) groups is 1. The number of carbonyl (C=O) groups excluding carboxylic acids is 1. The largest absolute Gasteiger partial charge is 0.375 e. The van der Waals surface area contributed by atoms with Crippen LogP contribution in [-0.2, 0) is 9.53 Å². The molecule has 2 saturated heterocycles. The Hall–Kier alpha value is -0.720. The van der Waals surface area contributed by atoms with Crippen LogP contribution in [0, 0.1) is 0 Å². The summed E-state index contributed by atoms with van der Waals surface area (Å²) < 4.78 is 28.5. The maximum absolute atomic E-state index is 11.9. The van der Waals surface area contributed by atoms with Gasteiger partial charge in [-0.25, -0.2) is 8.78 Å². The minimum Gasteiger partial charge on any atom is -0.375 e. The van der Waals surface area contributed by atoms with Gasteiger partial charge in [0.05, 0.1) is 6.61 Å². The fraction of sp³-hybridized carbons (Fsp3) is 0.786. The lowest BCUT2D eigenvalue weighted by Crippen LogP contribution is -2.44. The minimum absolute atomic E-state index is 0.0374. The molecule has 2 rings (SSSR count). The van der Waals surface area contributed by atoms with Crippen molar-refractivity contribution in [2.75, 3.05) is 19.8 Å². The minimum atomic E-state index is -2.48. The number of amides is 1. The average Bonchev–Trinajstić information content (AvgIpc) is 2.97. The molecule has 2 aliphatic heterocycles. The lowest BCUT2D eigenvalue weighted by atomic mass is 9.95. The van der Waals surface area contributed by atoms with Crippen LogP contribution in [-0.4, -0.2) is 55.1 Å². The third-order valence-corrected chi connectivity index (χ3v) is 4.33. The maximum atomic E-state index is 11.9. The molecule has 2 bridgehead atoms. The van der Waals surface area contributed by atoms with Crippen LogP contribution >= 0.6 is 11.6 Å². The predicted octanol–water partition coefficient (Wildman–Crippen LogP) is 2.13. The van der Waals surface area contributed by atoms with Crippen LogP contribution in [0.1, 0.15) is 25.7 Å². The molecular weight excluding hydrogens is 302 g/mol. The first-order chi connectivity index (χ1) is 10.1. The highest BCUT2D eigenvalue weighted by Gasteiger charge is 2.45. The van der Waals surface area contributed by atoms with Gasteiger partial charge in [0.2, 0.25) is 5.91 Å². The Balaban J connectivity index is 1.70. The summed E-state index contributed by atoms with van der Waals surface area (Å²) >= 11 is 5.57. The van der Waals surface area contributed by atoms with Crippen LogP contribution in [0.25, 0.3) is 0 Å². The zero-order valence-electron chi connectivity index (χ0n) is 11.8. The molecule has 0 radical (unpaired) electrons. The quantitative estimate of drug-likeness (QED) is 0.696. The van der Waals surface area contributed by atoms with E-state index < -0.39 is 13.0 Å². The van der Waals surface area contributed by atoms with Gasteiger partial charge in [-0.15, -0.1) is 0 Å². The molecule has 3 atom stereocenters. The van der Waals surface area contributed by atoms with Crippen molar-refractivity contribution in [1.29, 1.82) is 0 Å². The predicted molar refractivity (Wildman–Crippen MR) is 76.5 cm³/mol. The molecule has 21 heavy (non-hydrogen) atoms. The molecule has 0 aromatic heterocycles. The molecule has 120 valence electrons. The maximum Gasteiger partial charge on any atom is 0.261 e. The van der Waals surface area contributed by atoms with E-state index in [0.717, 1.165) is 25.8 Å². The number of hydrogen-bond donors (Lipinski definition) is 1. The van der Waals surface area contributed by atoms with Crippen molar-refractivity contribution < 1.29 is 18.3 Å². The van der Waals surface area contributed by atoms with Gasteiger partial charge in [0.25, 0.3) is 6.43 Å². The smallest absolute Gasteiger partial charge is 0.261 e.